The van der Waals surface area contributed by atoms with Crippen LogP contribution in [0.15, 0.2) is 4.99 Å². The molecule has 0 aliphatic carbocycles. The number of halogens is 1. The minimum absolute atomic E-state index is 0. The van der Waals surface area contributed by atoms with Crippen LogP contribution in [0.1, 0.15) is 65.7 Å². The number of piperidine rings is 1. The predicted molar refractivity (Wildman–Crippen MR) is 124 cm³/mol. The molecular weight excluding hydrogens is 453 g/mol. The number of hydrogen-bond acceptors (Lipinski definition) is 3. The average Bonchev–Trinajstić information content (AvgIpc) is 3.11. The van der Waals surface area contributed by atoms with Crippen LogP contribution in [0.5, 0.6) is 0 Å². The number of amides is 1. The SMILES string of the molecule is CCNC(=NCCCCN1CCCCC1C)NC1CCN(C(=O)CC)C1.I. The number of nitrogens with one attached hydrogen (secondary N) is 2. The largest absolute Gasteiger partial charge is 0.357 e. The van der Waals surface area contributed by atoms with Crippen molar-refractivity contribution in [3.05, 3.63) is 0 Å². The summed E-state index contributed by atoms with van der Waals surface area (Å²) in [6, 6.07) is 1.07. The highest BCUT2D eigenvalue weighted by atomic mass is 127. The van der Waals surface area contributed by atoms with Crippen molar-refractivity contribution in [2.24, 2.45) is 4.99 Å². The van der Waals surface area contributed by atoms with Crippen LogP contribution in [0, 0.1) is 0 Å². The Kier molecular flexibility index (Phi) is 12.3. The van der Waals surface area contributed by atoms with Crippen LogP contribution in [-0.2, 0) is 4.79 Å². The summed E-state index contributed by atoms with van der Waals surface area (Å²) in [5.41, 5.74) is 0. The maximum absolute atomic E-state index is 11.8. The highest BCUT2D eigenvalue weighted by molar-refractivity contribution is 14.0. The third-order valence-corrected chi connectivity index (χ3v) is 5.59. The number of likely N-dealkylation sites (tertiary alicyclic amines) is 2. The van der Waals surface area contributed by atoms with Crippen LogP contribution in [0.3, 0.4) is 0 Å². The summed E-state index contributed by atoms with van der Waals surface area (Å²) < 4.78 is 0. The standard InChI is InChI=1S/C20H39N5O.HI/c1-4-19(26)25-15-11-18(16-25)23-20(21-5-2)22-12-7-9-14-24-13-8-6-10-17(24)3;/h17-18H,4-16H2,1-3H3,(H2,21,22,23);1H. The molecule has 2 rings (SSSR count). The molecule has 2 atom stereocenters. The summed E-state index contributed by atoms with van der Waals surface area (Å²) in [7, 11) is 0. The fraction of sp³-hybridized carbons (Fsp3) is 0.900. The van der Waals surface area contributed by atoms with Gasteiger partial charge in [0.2, 0.25) is 5.91 Å². The second kappa shape index (κ2) is 13.6. The Morgan fingerprint density at radius 3 is 2.67 bits per heavy atom. The van der Waals surface area contributed by atoms with Crippen molar-refractivity contribution in [2.45, 2.75) is 77.8 Å². The molecule has 2 heterocycles. The zero-order valence-corrected chi connectivity index (χ0v) is 19.8. The van der Waals surface area contributed by atoms with Crippen LogP contribution in [0.25, 0.3) is 0 Å². The Morgan fingerprint density at radius 1 is 1.15 bits per heavy atom. The van der Waals surface area contributed by atoms with Crippen molar-refractivity contribution >= 4 is 35.8 Å². The molecule has 0 aromatic rings. The third kappa shape index (κ3) is 8.54. The van der Waals surface area contributed by atoms with Gasteiger partial charge in [0, 0.05) is 44.7 Å². The molecular formula is C20H40IN5O. The molecule has 0 saturated carbocycles. The smallest absolute Gasteiger partial charge is 0.222 e. The molecule has 0 bridgehead atoms. The summed E-state index contributed by atoms with van der Waals surface area (Å²) in [4.78, 5) is 21.2. The minimum atomic E-state index is 0. The molecule has 2 saturated heterocycles. The first-order chi connectivity index (χ1) is 12.6. The second-order valence-corrected chi connectivity index (χ2v) is 7.67. The van der Waals surface area contributed by atoms with E-state index in [2.05, 4.69) is 29.4 Å². The monoisotopic (exact) mass is 493 g/mol. The summed E-state index contributed by atoms with van der Waals surface area (Å²) >= 11 is 0. The van der Waals surface area contributed by atoms with Crippen molar-refractivity contribution in [3.63, 3.8) is 0 Å². The van der Waals surface area contributed by atoms with Gasteiger partial charge in [-0.15, -0.1) is 24.0 Å². The molecule has 2 unspecified atom stereocenters. The number of carbonyl (C=O) groups is 1. The van der Waals surface area contributed by atoms with E-state index in [1.807, 2.05) is 11.8 Å². The minimum Gasteiger partial charge on any atom is -0.357 e. The van der Waals surface area contributed by atoms with Crippen LogP contribution in [0.4, 0.5) is 0 Å². The number of carbonyl (C=O) groups excluding carboxylic acids is 1. The van der Waals surface area contributed by atoms with Gasteiger partial charge in [0.05, 0.1) is 0 Å². The van der Waals surface area contributed by atoms with Crippen LogP contribution < -0.4 is 10.6 Å². The molecule has 2 aliphatic heterocycles. The van der Waals surface area contributed by atoms with E-state index in [4.69, 9.17) is 4.99 Å². The maximum Gasteiger partial charge on any atom is 0.222 e. The number of guanidine groups is 1. The van der Waals surface area contributed by atoms with Crippen LogP contribution in [0.2, 0.25) is 0 Å². The van der Waals surface area contributed by atoms with Gasteiger partial charge in [-0.05, 0) is 59.0 Å². The molecule has 0 aromatic heterocycles. The van der Waals surface area contributed by atoms with Crippen LogP contribution >= 0.6 is 24.0 Å². The highest BCUT2D eigenvalue weighted by Crippen LogP contribution is 2.16. The molecule has 158 valence electrons. The lowest BCUT2D eigenvalue weighted by atomic mass is 10.0. The quantitative estimate of drug-likeness (QED) is 0.236. The lowest BCUT2D eigenvalue weighted by molar-refractivity contribution is -0.129. The van der Waals surface area contributed by atoms with Crippen molar-refractivity contribution in [1.82, 2.24) is 20.4 Å². The fourth-order valence-electron chi connectivity index (χ4n) is 3.95. The zero-order chi connectivity index (χ0) is 18.8. The van der Waals surface area contributed by atoms with E-state index in [0.717, 1.165) is 51.0 Å². The average molecular weight is 493 g/mol. The van der Waals surface area contributed by atoms with Gasteiger partial charge in [0.15, 0.2) is 5.96 Å². The normalized spacial score (nSPS) is 23.8. The Bertz CT molecular complexity index is 460. The van der Waals surface area contributed by atoms with Crippen molar-refractivity contribution < 1.29 is 4.79 Å². The molecule has 6 nitrogen and oxygen atoms in total. The Balaban J connectivity index is 0.00000364. The first-order valence-corrected chi connectivity index (χ1v) is 10.7. The lowest BCUT2D eigenvalue weighted by Crippen LogP contribution is -2.45. The van der Waals surface area contributed by atoms with E-state index >= 15 is 0 Å². The Labute approximate surface area is 182 Å². The maximum atomic E-state index is 11.8. The van der Waals surface area contributed by atoms with Gasteiger partial charge in [0.25, 0.3) is 0 Å². The highest BCUT2D eigenvalue weighted by Gasteiger charge is 2.25. The number of unbranched alkanes of at least 4 members (excludes halogenated alkanes) is 1. The Hall–Kier alpha value is -0.570. The summed E-state index contributed by atoms with van der Waals surface area (Å²) in [5, 5.41) is 6.85. The van der Waals surface area contributed by atoms with Crippen molar-refractivity contribution in [3.8, 4) is 0 Å². The lowest BCUT2D eigenvalue weighted by Gasteiger charge is -2.33. The topological polar surface area (TPSA) is 60.0 Å². The molecule has 27 heavy (non-hydrogen) atoms. The van der Waals surface area contributed by atoms with Gasteiger partial charge in [-0.1, -0.05) is 13.3 Å². The van der Waals surface area contributed by atoms with Gasteiger partial charge in [-0.2, -0.15) is 0 Å². The molecule has 0 aromatic carbocycles. The molecule has 2 N–H and O–H groups in total. The summed E-state index contributed by atoms with van der Waals surface area (Å²) in [6.07, 6.45) is 8.05. The molecule has 2 aliphatic rings. The van der Waals surface area contributed by atoms with E-state index in [0.29, 0.717) is 12.5 Å². The van der Waals surface area contributed by atoms with Gasteiger partial charge < -0.3 is 20.4 Å². The van der Waals surface area contributed by atoms with Crippen molar-refractivity contribution in [2.75, 3.05) is 39.3 Å². The van der Waals surface area contributed by atoms with Gasteiger partial charge >= 0.3 is 0 Å². The van der Waals surface area contributed by atoms with E-state index < -0.39 is 0 Å². The molecule has 0 spiro atoms. The van der Waals surface area contributed by atoms with E-state index in [1.165, 1.54) is 38.8 Å². The molecule has 2 fully saturated rings. The molecule has 7 heteroatoms. The van der Waals surface area contributed by atoms with E-state index in [1.54, 1.807) is 0 Å². The molecule has 1 amide bonds. The first kappa shape index (κ1) is 24.5. The second-order valence-electron chi connectivity index (χ2n) is 7.67. The zero-order valence-electron chi connectivity index (χ0n) is 17.5. The van der Waals surface area contributed by atoms with Gasteiger partial charge in [0.1, 0.15) is 0 Å². The number of hydrogen-bond donors (Lipinski definition) is 2. The predicted octanol–water partition coefficient (Wildman–Crippen LogP) is 2.83. The van der Waals surface area contributed by atoms with Gasteiger partial charge in [-0.25, -0.2) is 0 Å². The number of aliphatic imine (C=N–C) groups is 1. The first-order valence-electron chi connectivity index (χ1n) is 10.7. The van der Waals surface area contributed by atoms with Gasteiger partial charge in [-0.3, -0.25) is 9.79 Å². The van der Waals surface area contributed by atoms with E-state index in [-0.39, 0.29) is 29.9 Å². The summed E-state index contributed by atoms with van der Waals surface area (Å²) in [6.45, 7) is 12.2. The third-order valence-electron chi connectivity index (χ3n) is 5.59. The van der Waals surface area contributed by atoms with E-state index in [9.17, 15) is 4.79 Å². The number of nitrogens with zero attached hydrogens (tertiary/aromatic N) is 3. The number of rotatable bonds is 8. The molecule has 0 radical (unpaired) electrons. The Morgan fingerprint density at radius 2 is 1.96 bits per heavy atom. The van der Waals surface area contributed by atoms with Crippen LogP contribution in [-0.4, -0.2) is 73.0 Å². The summed E-state index contributed by atoms with van der Waals surface area (Å²) in [5.74, 6) is 1.15. The van der Waals surface area contributed by atoms with Crippen molar-refractivity contribution in [1.29, 1.82) is 0 Å². The fourth-order valence-corrected chi connectivity index (χ4v) is 3.95.